The molecule has 3 aromatic rings. The van der Waals surface area contributed by atoms with E-state index >= 15 is 0 Å². The van der Waals surface area contributed by atoms with Crippen LogP contribution < -0.4 is 10.6 Å². The maximum atomic E-state index is 14.1. The second-order valence-corrected chi connectivity index (χ2v) is 6.33. The predicted octanol–water partition coefficient (Wildman–Crippen LogP) is 3.61. The van der Waals surface area contributed by atoms with Gasteiger partial charge in [-0.1, -0.05) is 18.5 Å². The lowest BCUT2D eigenvalue weighted by Crippen LogP contribution is -2.31. The lowest BCUT2D eigenvalue weighted by molar-refractivity contribution is 0.597. The number of hydrogen-bond donors (Lipinski definition) is 3. The summed E-state index contributed by atoms with van der Waals surface area (Å²) in [5.41, 5.74) is 1.41. The fourth-order valence-corrected chi connectivity index (χ4v) is 2.70. The number of aromatic amines is 1. The van der Waals surface area contributed by atoms with Crippen molar-refractivity contribution in [3.8, 4) is 11.4 Å². The first kappa shape index (κ1) is 17.6. The average Bonchev–Trinajstić information content (AvgIpc) is 3.00. The number of aromatic nitrogens is 4. The van der Waals surface area contributed by atoms with Gasteiger partial charge < -0.3 is 15.6 Å². The van der Waals surface area contributed by atoms with E-state index in [1.165, 1.54) is 6.20 Å². The smallest absolute Gasteiger partial charge is 0.183 e. The highest BCUT2D eigenvalue weighted by Gasteiger charge is 2.14. The lowest BCUT2D eigenvalue weighted by atomic mass is 10.2. The van der Waals surface area contributed by atoms with Crippen LogP contribution >= 0.6 is 11.6 Å². The van der Waals surface area contributed by atoms with Crippen molar-refractivity contribution in [1.29, 1.82) is 0 Å². The van der Waals surface area contributed by atoms with Crippen molar-refractivity contribution >= 4 is 28.5 Å². The summed E-state index contributed by atoms with van der Waals surface area (Å²) in [6.45, 7) is 5.72. The topological polar surface area (TPSA) is 78.5 Å². The first-order valence-corrected chi connectivity index (χ1v) is 8.59. The molecule has 0 unspecified atom stereocenters. The summed E-state index contributed by atoms with van der Waals surface area (Å²) in [5.74, 6) is 0.107. The molecule has 8 heteroatoms. The number of fused-ring (bicyclic) bond motifs is 1. The van der Waals surface area contributed by atoms with Crippen molar-refractivity contribution in [2.45, 2.75) is 26.3 Å². The van der Waals surface area contributed by atoms with Gasteiger partial charge in [-0.25, -0.2) is 19.3 Å². The molecule has 0 aromatic carbocycles. The van der Waals surface area contributed by atoms with Gasteiger partial charge >= 0.3 is 0 Å². The lowest BCUT2D eigenvalue weighted by Gasteiger charge is -2.16. The van der Waals surface area contributed by atoms with Crippen molar-refractivity contribution in [3.05, 3.63) is 35.5 Å². The van der Waals surface area contributed by atoms with Crippen molar-refractivity contribution in [2.24, 2.45) is 0 Å². The largest absolute Gasteiger partial charge is 0.364 e. The third kappa shape index (κ3) is 4.05. The minimum Gasteiger partial charge on any atom is -0.364 e. The highest BCUT2D eigenvalue weighted by atomic mass is 35.5. The Bertz CT molecular complexity index is 865. The van der Waals surface area contributed by atoms with E-state index in [2.05, 4.69) is 37.5 Å². The molecule has 3 heterocycles. The molecule has 0 aliphatic heterocycles. The molecule has 3 aromatic heterocycles. The first-order valence-electron chi connectivity index (χ1n) is 8.21. The predicted molar refractivity (Wildman–Crippen MR) is 98.3 cm³/mol. The molecule has 0 bridgehead atoms. The number of nitrogens with one attached hydrogen (secondary N) is 3. The molecular formula is C17H20ClFN6. The maximum Gasteiger partial charge on any atom is 0.183 e. The van der Waals surface area contributed by atoms with Gasteiger partial charge in [0.1, 0.15) is 5.65 Å². The molecular weight excluding hydrogens is 343 g/mol. The Kier molecular flexibility index (Phi) is 5.45. The molecule has 6 nitrogen and oxygen atoms in total. The van der Waals surface area contributed by atoms with Gasteiger partial charge in [-0.2, -0.15) is 0 Å². The Morgan fingerprint density at radius 3 is 2.96 bits per heavy atom. The second-order valence-electron chi connectivity index (χ2n) is 5.89. The van der Waals surface area contributed by atoms with Gasteiger partial charge in [-0.3, -0.25) is 0 Å². The molecule has 0 amide bonds. The van der Waals surface area contributed by atoms with E-state index in [9.17, 15) is 4.39 Å². The quantitative estimate of drug-likeness (QED) is 0.559. The zero-order valence-corrected chi connectivity index (χ0v) is 14.9. The standard InChI is InChI=1S/C17H20ClFN6/c1-3-4-20-6-10(2)24-17-14(19)9-23-16(25-17)13-8-22-15-12(13)5-11(18)7-21-15/h5,7-10,20H,3-4,6H2,1-2H3,(H,21,22)(H,23,24,25)/t10-/m1/s1. The van der Waals surface area contributed by atoms with E-state index in [1.54, 1.807) is 18.5 Å². The molecule has 0 fully saturated rings. The van der Waals surface area contributed by atoms with Gasteiger partial charge in [-0.15, -0.1) is 0 Å². The highest BCUT2D eigenvalue weighted by molar-refractivity contribution is 6.31. The fourth-order valence-electron chi connectivity index (χ4n) is 2.54. The Morgan fingerprint density at radius 1 is 1.32 bits per heavy atom. The van der Waals surface area contributed by atoms with Crippen molar-refractivity contribution in [1.82, 2.24) is 25.3 Å². The Morgan fingerprint density at radius 2 is 2.16 bits per heavy atom. The minimum atomic E-state index is -0.484. The van der Waals surface area contributed by atoms with Gasteiger partial charge in [0.15, 0.2) is 17.5 Å². The van der Waals surface area contributed by atoms with Crippen molar-refractivity contribution in [2.75, 3.05) is 18.4 Å². The summed E-state index contributed by atoms with van der Waals surface area (Å²) in [6, 6.07) is 1.82. The number of anilines is 1. The van der Waals surface area contributed by atoms with Gasteiger partial charge in [0, 0.05) is 35.9 Å². The van der Waals surface area contributed by atoms with Gasteiger partial charge in [-0.05, 0) is 26.0 Å². The van der Waals surface area contributed by atoms with E-state index in [-0.39, 0.29) is 11.9 Å². The van der Waals surface area contributed by atoms with Crippen LogP contribution in [0.5, 0.6) is 0 Å². The zero-order valence-electron chi connectivity index (χ0n) is 14.1. The Balaban J connectivity index is 1.86. The molecule has 0 saturated carbocycles. The van der Waals surface area contributed by atoms with E-state index in [0.29, 0.717) is 16.5 Å². The van der Waals surface area contributed by atoms with Gasteiger partial charge in [0.25, 0.3) is 0 Å². The highest BCUT2D eigenvalue weighted by Crippen LogP contribution is 2.28. The van der Waals surface area contributed by atoms with E-state index < -0.39 is 5.82 Å². The van der Waals surface area contributed by atoms with Crippen LogP contribution in [0.2, 0.25) is 5.02 Å². The molecule has 3 N–H and O–H groups in total. The fraction of sp³-hybridized carbons (Fsp3) is 0.353. The summed E-state index contributed by atoms with van der Waals surface area (Å²) in [6.07, 6.45) is 5.54. The molecule has 1 atom stereocenters. The van der Waals surface area contributed by atoms with Crippen LogP contribution in [0, 0.1) is 5.82 Å². The van der Waals surface area contributed by atoms with Crippen molar-refractivity contribution in [3.63, 3.8) is 0 Å². The number of hydrogen-bond acceptors (Lipinski definition) is 5. The average molecular weight is 363 g/mol. The van der Waals surface area contributed by atoms with Crippen LogP contribution in [-0.4, -0.2) is 39.1 Å². The Labute approximate surface area is 150 Å². The van der Waals surface area contributed by atoms with Crippen LogP contribution in [0.15, 0.2) is 24.7 Å². The second kappa shape index (κ2) is 7.76. The molecule has 25 heavy (non-hydrogen) atoms. The summed E-state index contributed by atoms with van der Waals surface area (Å²) in [7, 11) is 0. The minimum absolute atomic E-state index is 0.0304. The van der Waals surface area contributed by atoms with Crippen LogP contribution in [0.3, 0.4) is 0 Å². The number of nitrogens with zero attached hydrogens (tertiary/aromatic N) is 3. The molecule has 0 radical (unpaired) electrons. The van der Waals surface area contributed by atoms with Crippen LogP contribution in [0.25, 0.3) is 22.4 Å². The van der Waals surface area contributed by atoms with E-state index in [1.807, 2.05) is 6.92 Å². The molecule has 132 valence electrons. The van der Waals surface area contributed by atoms with Crippen LogP contribution in [0.1, 0.15) is 20.3 Å². The van der Waals surface area contributed by atoms with Gasteiger partial charge in [0.2, 0.25) is 0 Å². The van der Waals surface area contributed by atoms with Crippen molar-refractivity contribution < 1.29 is 4.39 Å². The number of pyridine rings is 1. The number of rotatable bonds is 7. The SMILES string of the molecule is CCCNC[C@@H](C)Nc1nc(-c2c[nH]c3ncc(Cl)cc23)ncc1F. The number of halogens is 2. The summed E-state index contributed by atoms with van der Waals surface area (Å²) in [5, 5.41) is 7.69. The Hall–Kier alpha value is -2.25. The van der Waals surface area contributed by atoms with Gasteiger partial charge in [0.05, 0.1) is 11.2 Å². The third-order valence-electron chi connectivity index (χ3n) is 3.74. The number of H-pyrrole nitrogens is 1. The molecule has 0 aliphatic carbocycles. The first-order chi connectivity index (χ1) is 12.1. The van der Waals surface area contributed by atoms with E-state index in [4.69, 9.17) is 11.6 Å². The molecule has 0 saturated heterocycles. The summed E-state index contributed by atoms with van der Waals surface area (Å²) in [4.78, 5) is 15.7. The van der Waals surface area contributed by atoms with Crippen LogP contribution in [-0.2, 0) is 0 Å². The summed E-state index contributed by atoms with van der Waals surface area (Å²) >= 11 is 6.02. The normalized spacial score (nSPS) is 12.5. The molecule has 0 aliphatic rings. The third-order valence-corrected chi connectivity index (χ3v) is 3.95. The monoisotopic (exact) mass is 362 g/mol. The van der Waals surface area contributed by atoms with Crippen LogP contribution in [0.4, 0.5) is 10.2 Å². The summed E-state index contributed by atoms with van der Waals surface area (Å²) < 4.78 is 14.1. The maximum absolute atomic E-state index is 14.1. The zero-order chi connectivity index (χ0) is 17.8. The molecule has 0 spiro atoms. The van der Waals surface area contributed by atoms with E-state index in [0.717, 1.165) is 30.5 Å². The molecule has 3 rings (SSSR count).